The van der Waals surface area contributed by atoms with Crippen LogP contribution in [-0.4, -0.2) is 33.9 Å². The lowest BCUT2D eigenvalue weighted by Gasteiger charge is -2.60. The largest absolute Gasteiger partial charge is 0.427 e. The van der Waals surface area contributed by atoms with Gasteiger partial charge in [0.15, 0.2) is 5.78 Å². The highest BCUT2D eigenvalue weighted by Crippen LogP contribution is 2.65. The molecule has 0 spiro atoms. The van der Waals surface area contributed by atoms with Gasteiger partial charge in [0, 0.05) is 5.41 Å². The van der Waals surface area contributed by atoms with Crippen LogP contribution in [0.5, 0.6) is 0 Å². The number of fused-ring (bicyclic) bond motifs is 5. The second kappa shape index (κ2) is 5.22. The lowest BCUT2D eigenvalue weighted by molar-refractivity contribution is -0.295. The summed E-state index contributed by atoms with van der Waals surface area (Å²) in [5, 5.41) is 21.1. The van der Waals surface area contributed by atoms with Crippen molar-refractivity contribution in [1.29, 1.82) is 0 Å². The molecule has 0 heterocycles. The van der Waals surface area contributed by atoms with Gasteiger partial charge in [-0.25, -0.2) is 0 Å². The summed E-state index contributed by atoms with van der Waals surface area (Å²) >= 11 is 0. The maximum Gasteiger partial charge on any atom is 0.427 e. The van der Waals surface area contributed by atoms with Crippen molar-refractivity contribution < 1.29 is 28.2 Å². The predicted molar refractivity (Wildman–Crippen MR) is 89.0 cm³/mol. The molecule has 2 saturated carbocycles. The van der Waals surface area contributed by atoms with E-state index >= 15 is 0 Å². The number of carbonyl (C=O) groups is 1. The number of ketones is 1. The van der Waals surface area contributed by atoms with Gasteiger partial charge in [0.25, 0.3) is 0 Å². The van der Waals surface area contributed by atoms with Crippen LogP contribution in [-0.2, 0) is 4.79 Å². The number of halogens is 3. The molecule has 0 radical (unpaired) electrons. The third-order valence-corrected chi connectivity index (χ3v) is 8.02. The van der Waals surface area contributed by atoms with Gasteiger partial charge in [-0.2, -0.15) is 13.2 Å². The summed E-state index contributed by atoms with van der Waals surface area (Å²) in [5.41, 5.74) is -4.26. The smallest absolute Gasteiger partial charge is 0.388 e. The highest BCUT2D eigenvalue weighted by molar-refractivity contribution is 6.00. The Morgan fingerprint density at radius 2 is 1.92 bits per heavy atom. The first kappa shape index (κ1) is 18.2. The van der Waals surface area contributed by atoms with Crippen LogP contribution in [0.4, 0.5) is 13.2 Å². The maximum absolute atomic E-state index is 13.6. The minimum absolute atomic E-state index is 0.133. The zero-order chi connectivity index (χ0) is 19.1. The van der Waals surface area contributed by atoms with Crippen LogP contribution < -0.4 is 0 Å². The highest BCUT2D eigenvalue weighted by Gasteiger charge is 2.72. The van der Waals surface area contributed by atoms with E-state index in [1.165, 1.54) is 0 Å². The first-order valence-corrected chi connectivity index (χ1v) is 9.35. The number of alkyl halides is 3. The second-order valence-corrected chi connectivity index (χ2v) is 9.14. The average Bonchev–Trinajstić information content (AvgIpc) is 2.95. The molecule has 0 saturated heterocycles. The Balaban J connectivity index is 1.80. The van der Waals surface area contributed by atoms with E-state index in [0.717, 1.165) is 25.3 Å². The van der Waals surface area contributed by atoms with Gasteiger partial charge in [0.2, 0.25) is 5.60 Å². The molecule has 6 heteroatoms. The molecular weight excluding hydrogens is 345 g/mol. The van der Waals surface area contributed by atoms with Crippen LogP contribution in [0.25, 0.3) is 0 Å². The van der Waals surface area contributed by atoms with Crippen LogP contribution in [0.2, 0.25) is 0 Å². The summed E-state index contributed by atoms with van der Waals surface area (Å²) in [7, 11) is 0. The minimum atomic E-state index is -5.21. The monoisotopic (exact) mass is 370 g/mol. The van der Waals surface area contributed by atoms with Gasteiger partial charge in [0.05, 0.1) is 0 Å². The lowest BCUT2D eigenvalue weighted by Crippen LogP contribution is -2.69. The Labute approximate surface area is 151 Å². The summed E-state index contributed by atoms with van der Waals surface area (Å²) in [6.45, 7) is 3.85. The van der Waals surface area contributed by atoms with Crippen LogP contribution >= 0.6 is 0 Å². The Kier molecular flexibility index (Phi) is 3.66. The molecule has 0 amide bonds. The van der Waals surface area contributed by atoms with E-state index in [1.54, 1.807) is 6.92 Å². The summed E-state index contributed by atoms with van der Waals surface area (Å²) < 4.78 is 40.8. The molecule has 0 bridgehead atoms. The lowest BCUT2D eigenvalue weighted by atomic mass is 9.45. The van der Waals surface area contributed by atoms with Gasteiger partial charge >= 0.3 is 6.18 Å². The average molecular weight is 370 g/mol. The SMILES string of the molecule is C[C@@]12CC=C[C@H]1[C@@H]1CCC3=CC(=O)C(O)(C(F)(F)F)C(O)[C@]3(C)[C@H]1CC2. The second-order valence-electron chi connectivity index (χ2n) is 9.14. The van der Waals surface area contributed by atoms with E-state index in [2.05, 4.69) is 19.1 Å². The number of hydrogen-bond acceptors (Lipinski definition) is 3. The fourth-order valence-electron chi connectivity index (χ4n) is 6.42. The highest BCUT2D eigenvalue weighted by atomic mass is 19.4. The first-order valence-electron chi connectivity index (χ1n) is 9.35. The molecular formula is C20H25F3O3. The van der Waals surface area contributed by atoms with E-state index in [0.29, 0.717) is 18.4 Å². The molecule has 2 fully saturated rings. The molecule has 144 valence electrons. The van der Waals surface area contributed by atoms with Gasteiger partial charge in [0.1, 0.15) is 6.10 Å². The summed E-state index contributed by atoms with van der Waals surface area (Å²) in [6, 6.07) is 0. The standard InChI is InChI=1S/C20H25F3O3/c1-17-8-3-4-13(17)12-6-5-11-10-15(24)19(26,20(21,22)23)16(25)18(11,2)14(12)7-9-17/h3-4,10,12-14,16,25-26H,5-9H2,1-2H3/t12-,13-,14-,16?,17-,18-,19?/m0/s1. The molecule has 3 nitrogen and oxygen atoms in total. The van der Waals surface area contributed by atoms with E-state index in [9.17, 15) is 28.2 Å². The molecule has 4 aliphatic carbocycles. The van der Waals surface area contributed by atoms with Gasteiger partial charge in [-0.1, -0.05) is 31.6 Å². The van der Waals surface area contributed by atoms with Gasteiger partial charge in [-0.05, 0) is 61.3 Å². The summed E-state index contributed by atoms with van der Waals surface area (Å²) in [5.74, 6) is -1.18. The van der Waals surface area contributed by atoms with Gasteiger partial charge in [-0.15, -0.1) is 0 Å². The van der Waals surface area contributed by atoms with Crippen molar-refractivity contribution >= 4 is 5.78 Å². The Bertz CT molecular complexity index is 712. The van der Waals surface area contributed by atoms with Crippen molar-refractivity contribution in [1.82, 2.24) is 0 Å². The fraction of sp³-hybridized carbons (Fsp3) is 0.750. The van der Waals surface area contributed by atoms with Crippen molar-refractivity contribution in [2.24, 2.45) is 28.6 Å². The Hall–Kier alpha value is -1.14. The van der Waals surface area contributed by atoms with Gasteiger partial charge < -0.3 is 10.2 Å². The minimum Gasteiger partial charge on any atom is -0.388 e. The molecule has 0 aromatic rings. The number of aliphatic hydroxyl groups excluding tert-OH is 1. The Morgan fingerprint density at radius 1 is 1.23 bits per heavy atom. The first-order chi connectivity index (χ1) is 12.0. The van der Waals surface area contributed by atoms with Crippen molar-refractivity contribution in [3.63, 3.8) is 0 Å². The van der Waals surface area contributed by atoms with Crippen molar-refractivity contribution in [3.8, 4) is 0 Å². The predicted octanol–water partition coefficient (Wildman–Crippen LogP) is 3.56. The molecule has 0 aliphatic heterocycles. The zero-order valence-electron chi connectivity index (χ0n) is 15.0. The zero-order valence-corrected chi connectivity index (χ0v) is 15.0. The molecule has 7 atom stereocenters. The molecule has 2 N–H and O–H groups in total. The number of carbonyl (C=O) groups excluding carboxylic acids is 1. The third kappa shape index (κ3) is 2.00. The van der Waals surface area contributed by atoms with E-state index in [-0.39, 0.29) is 23.2 Å². The number of rotatable bonds is 0. The normalized spacial score (nSPS) is 50.7. The van der Waals surface area contributed by atoms with Gasteiger partial charge in [-0.3, -0.25) is 4.79 Å². The van der Waals surface area contributed by atoms with Crippen LogP contribution in [0.3, 0.4) is 0 Å². The molecule has 4 aliphatic rings. The topological polar surface area (TPSA) is 57.5 Å². The van der Waals surface area contributed by atoms with Crippen molar-refractivity contribution in [3.05, 3.63) is 23.8 Å². The number of aliphatic hydroxyl groups is 2. The number of allylic oxidation sites excluding steroid dienone is 2. The maximum atomic E-state index is 13.6. The van der Waals surface area contributed by atoms with Crippen LogP contribution in [0.1, 0.15) is 46.0 Å². The van der Waals surface area contributed by atoms with Crippen LogP contribution in [0, 0.1) is 28.6 Å². The van der Waals surface area contributed by atoms with Crippen molar-refractivity contribution in [2.75, 3.05) is 0 Å². The molecule has 0 aromatic heterocycles. The molecule has 2 unspecified atom stereocenters. The summed E-state index contributed by atoms with van der Waals surface area (Å²) in [4.78, 5) is 12.1. The quantitative estimate of drug-likeness (QED) is 0.641. The molecule has 26 heavy (non-hydrogen) atoms. The third-order valence-electron chi connectivity index (χ3n) is 8.02. The Morgan fingerprint density at radius 3 is 2.58 bits per heavy atom. The van der Waals surface area contributed by atoms with E-state index in [4.69, 9.17) is 0 Å². The van der Waals surface area contributed by atoms with E-state index in [1.807, 2.05) is 0 Å². The fourth-order valence-corrected chi connectivity index (χ4v) is 6.42. The summed E-state index contributed by atoms with van der Waals surface area (Å²) in [6.07, 6.45) is 1.78. The van der Waals surface area contributed by atoms with Crippen molar-refractivity contribution in [2.45, 2.75) is 63.8 Å². The molecule has 0 aromatic carbocycles. The van der Waals surface area contributed by atoms with E-state index < -0.39 is 29.1 Å². The number of hydrogen-bond donors (Lipinski definition) is 2. The molecule has 4 rings (SSSR count). The van der Waals surface area contributed by atoms with Crippen LogP contribution in [0.15, 0.2) is 23.8 Å².